The first kappa shape index (κ1) is 25.0. The van der Waals surface area contributed by atoms with E-state index in [9.17, 15) is 9.59 Å². The van der Waals surface area contributed by atoms with E-state index in [2.05, 4.69) is 4.90 Å². The summed E-state index contributed by atoms with van der Waals surface area (Å²) >= 11 is 0. The first-order valence-electron chi connectivity index (χ1n) is 13.4. The fourth-order valence-corrected chi connectivity index (χ4v) is 6.43. The van der Waals surface area contributed by atoms with Crippen molar-refractivity contribution in [1.82, 2.24) is 14.7 Å². The van der Waals surface area contributed by atoms with Gasteiger partial charge in [-0.1, -0.05) is 37.5 Å². The van der Waals surface area contributed by atoms with Gasteiger partial charge < -0.3 is 19.4 Å². The number of methoxy groups -OCH3 is 1. The molecule has 4 rings (SSSR count). The number of piperidine rings is 1. The highest BCUT2D eigenvalue weighted by Crippen LogP contribution is 2.32. The number of ether oxygens (including phenoxy) is 1. The van der Waals surface area contributed by atoms with Gasteiger partial charge in [0, 0.05) is 50.9 Å². The molecule has 2 saturated carbocycles. The molecule has 6 heteroatoms. The normalized spacial score (nSPS) is 24.6. The number of carbonyl (C=O) groups excluding carboxylic acids is 2. The van der Waals surface area contributed by atoms with E-state index in [1.165, 1.54) is 45.6 Å². The maximum atomic E-state index is 12.8. The molecule has 1 saturated heterocycles. The molecule has 1 aromatic rings. The standard InChI is InChI=1S/C28H43N3O3/c1-29(27(32)24-11-7-4-8-12-24)26-14-13-23(19-26)20-30-17-15-25(16-18-30)31(28(33)34-2)21-22-9-5-3-6-10-22/h4,7-8,11-12,22-23,25-26H,3,5-6,9-10,13-21H2,1-2H3. The largest absolute Gasteiger partial charge is 0.453 e. The van der Waals surface area contributed by atoms with Crippen molar-refractivity contribution in [2.45, 2.75) is 76.3 Å². The van der Waals surface area contributed by atoms with Crippen molar-refractivity contribution in [3.05, 3.63) is 35.9 Å². The Balaban J connectivity index is 1.23. The summed E-state index contributed by atoms with van der Waals surface area (Å²) in [4.78, 5) is 32.0. The van der Waals surface area contributed by atoms with Crippen molar-refractivity contribution in [3.63, 3.8) is 0 Å². The molecule has 6 nitrogen and oxygen atoms in total. The Kier molecular flexibility index (Phi) is 8.87. The van der Waals surface area contributed by atoms with Crippen LogP contribution in [-0.4, -0.2) is 79.1 Å². The summed E-state index contributed by atoms with van der Waals surface area (Å²) in [5.74, 6) is 1.41. The van der Waals surface area contributed by atoms with Crippen LogP contribution in [0.15, 0.2) is 30.3 Å². The molecular formula is C28H43N3O3. The lowest BCUT2D eigenvalue weighted by Crippen LogP contribution is -2.49. The molecule has 1 aromatic carbocycles. The summed E-state index contributed by atoms with van der Waals surface area (Å²) in [6.07, 6.45) is 11.7. The van der Waals surface area contributed by atoms with Crippen LogP contribution in [0.25, 0.3) is 0 Å². The molecule has 1 heterocycles. The Morgan fingerprint density at radius 3 is 2.29 bits per heavy atom. The molecule has 0 aromatic heterocycles. The van der Waals surface area contributed by atoms with Crippen LogP contribution >= 0.6 is 0 Å². The molecule has 3 fully saturated rings. The SMILES string of the molecule is COC(=O)N(CC1CCCCC1)C1CCN(CC2CCC(N(C)C(=O)c3ccccc3)C2)CC1. The fourth-order valence-electron chi connectivity index (χ4n) is 6.43. The second kappa shape index (κ2) is 12.1. The number of nitrogens with zero attached hydrogens (tertiary/aromatic N) is 3. The third kappa shape index (κ3) is 6.32. The highest BCUT2D eigenvalue weighted by atomic mass is 16.5. The van der Waals surface area contributed by atoms with Crippen molar-refractivity contribution in [2.75, 3.05) is 40.3 Å². The van der Waals surface area contributed by atoms with Gasteiger partial charge in [0.25, 0.3) is 5.91 Å². The number of likely N-dealkylation sites (tertiary alicyclic amines) is 1. The summed E-state index contributed by atoms with van der Waals surface area (Å²) in [5, 5.41) is 0. The smallest absolute Gasteiger partial charge is 0.409 e. The van der Waals surface area contributed by atoms with Gasteiger partial charge in [-0.2, -0.15) is 0 Å². The van der Waals surface area contributed by atoms with Crippen molar-refractivity contribution in [1.29, 1.82) is 0 Å². The number of hydrogen-bond donors (Lipinski definition) is 0. The molecule has 34 heavy (non-hydrogen) atoms. The molecule has 2 unspecified atom stereocenters. The summed E-state index contributed by atoms with van der Waals surface area (Å²) < 4.78 is 5.17. The molecule has 0 bridgehead atoms. The van der Waals surface area contributed by atoms with Gasteiger partial charge >= 0.3 is 6.09 Å². The zero-order valence-corrected chi connectivity index (χ0v) is 21.2. The number of amides is 2. The molecule has 2 amide bonds. The topological polar surface area (TPSA) is 53.1 Å². The molecule has 0 N–H and O–H groups in total. The third-order valence-electron chi connectivity index (χ3n) is 8.51. The van der Waals surface area contributed by atoms with E-state index < -0.39 is 0 Å². The Hall–Kier alpha value is -2.08. The maximum Gasteiger partial charge on any atom is 0.409 e. The Morgan fingerprint density at radius 1 is 0.912 bits per heavy atom. The van der Waals surface area contributed by atoms with Crippen LogP contribution in [0.1, 0.15) is 74.6 Å². The van der Waals surface area contributed by atoms with Crippen LogP contribution < -0.4 is 0 Å². The van der Waals surface area contributed by atoms with Crippen molar-refractivity contribution >= 4 is 12.0 Å². The van der Waals surface area contributed by atoms with Crippen LogP contribution in [0.5, 0.6) is 0 Å². The Bertz CT molecular complexity index is 787. The molecule has 2 atom stereocenters. The summed E-state index contributed by atoms with van der Waals surface area (Å²) in [6.45, 7) is 4.06. The molecule has 0 spiro atoms. The quantitative estimate of drug-likeness (QED) is 0.561. The molecule has 3 aliphatic rings. The zero-order valence-electron chi connectivity index (χ0n) is 21.2. The summed E-state index contributed by atoms with van der Waals surface area (Å²) in [6, 6.07) is 10.3. The first-order valence-corrected chi connectivity index (χ1v) is 13.4. The minimum absolute atomic E-state index is 0.132. The monoisotopic (exact) mass is 469 g/mol. The second-order valence-corrected chi connectivity index (χ2v) is 10.8. The Morgan fingerprint density at radius 2 is 1.62 bits per heavy atom. The van der Waals surface area contributed by atoms with Gasteiger partial charge in [-0.05, 0) is 68.9 Å². The van der Waals surface area contributed by atoms with Gasteiger partial charge in [0.1, 0.15) is 0 Å². The average Bonchev–Trinajstić information content (AvgIpc) is 3.36. The average molecular weight is 470 g/mol. The first-order chi connectivity index (χ1) is 16.5. The number of hydrogen-bond acceptors (Lipinski definition) is 4. The van der Waals surface area contributed by atoms with E-state index in [0.29, 0.717) is 23.9 Å². The van der Waals surface area contributed by atoms with Gasteiger partial charge in [0.05, 0.1) is 7.11 Å². The number of carbonyl (C=O) groups is 2. The van der Waals surface area contributed by atoms with Gasteiger partial charge in [-0.3, -0.25) is 4.79 Å². The van der Waals surface area contributed by atoms with Gasteiger partial charge in [-0.15, -0.1) is 0 Å². The highest BCUT2D eigenvalue weighted by molar-refractivity contribution is 5.94. The van der Waals surface area contributed by atoms with Crippen molar-refractivity contribution in [2.24, 2.45) is 11.8 Å². The second-order valence-electron chi connectivity index (χ2n) is 10.8. The lowest BCUT2D eigenvalue weighted by molar-refractivity contribution is 0.0616. The summed E-state index contributed by atoms with van der Waals surface area (Å²) in [5.41, 5.74) is 0.777. The number of rotatable bonds is 7. The van der Waals surface area contributed by atoms with E-state index in [1.54, 1.807) is 0 Å². The van der Waals surface area contributed by atoms with Crippen LogP contribution in [0.3, 0.4) is 0 Å². The summed E-state index contributed by atoms with van der Waals surface area (Å²) in [7, 11) is 3.48. The van der Waals surface area contributed by atoms with E-state index in [-0.39, 0.29) is 12.0 Å². The number of benzene rings is 1. The van der Waals surface area contributed by atoms with Gasteiger partial charge in [0.2, 0.25) is 0 Å². The van der Waals surface area contributed by atoms with Crippen molar-refractivity contribution < 1.29 is 14.3 Å². The molecular weight excluding hydrogens is 426 g/mol. The lowest BCUT2D eigenvalue weighted by atomic mass is 9.88. The van der Waals surface area contributed by atoms with Crippen LogP contribution in [0, 0.1) is 11.8 Å². The van der Waals surface area contributed by atoms with E-state index in [0.717, 1.165) is 57.4 Å². The van der Waals surface area contributed by atoms with Crippen LogP contribution in [0.4, 0.5) is 4.79 Å². The van der Waals surface area contributed by atoms with E-state index >= 15 is 0 Å². The third-order valence-corrected chi connectivity index (χ3v) is 8.51. The molecule has 0 radical (unpaired) electrons. The minimum Gasteiger partial charge on any atom is -0.453 e. The predicted octanol–water partition coefficient (Wildman–Crippen LogP) is 5.04. The van der Waals surface area contributed by atoms with Crippen molar-refractivity contribution in [3.8, 4) is 0 Å². The molecule has 2 aliphatic carbocycles. The minimum atomic E-state index is -0.145. The van der Waals surface area contributed by atoms with E-state index in [1.807, 2.05) is 47.2 Å². The maximum absolute atomic E-state index is 12.8. The molecule has 188 valence electrons. The van der Waals surface area contributed by atoms with Crippen LogP contribution in [0.2, 0.25) is 0 Å². The van der Waals surface area contributed by atoms with Gasteiger partial charge in [0.15, 0.2) is 0 Å². The Labute approximate surface area is 205 Å². The van der Waals surface area contributed by atoms with E-state index in [4.69, 9.17) is 4.74 Å². The zero-order chi connectivity index (χ0) is 23.9. The fraction of sp³-hybridized carbons (Fsp3) is 0.714. The lowest BCUT2D eigenvalue weighted by Gasteiger charge is -2.40. The highest BCUT2D eigenvalue weighted by Gasteiger charge is 2.34. The molecule has 1 aliphatic heterocycles. The van der Waals surface area contributed by atoms with Gasteiger partial charge in [-0.25, -0.2) is 4.79 Å². The predicted molar refractivity (Wildman–Crippen MR) is 135 cm³/mol. The van der Waals surface area contributed by atoms with Crippen LogP contribution in [-0.2, 0) is 4.74 Å².